The van der Waals surface area contributed by atoms with Gasteiger partial charge in [-0.05, 0) is 43.4 Å². The number of hydrogen-bond donors (Lipinski definition) is 1. The highest BCUT2D eigenvalue weighted by Crippen LogP contribution is 2.42. The van der Waals surface area contributed by atoms with E-state index in [2.05, 4.69) is 15.2 Å². The first-order chi connectivity index (χ1) is 10.8. The molecule has 0 unspecified atom stereocenters. The van der Waals surface area contributed by atoms with Crippen molar-refractivity contribution in [1.82, 2.24) is 15.2 Å². The molecule has 4 rings (SSSR count). The van der Waals surface area contributed by atoms with Gasteiger partial charge < -0.3 is 10.1 Å². The van der Waals surface area contributed by atoms with Crippen molar-refractivity contribution in [3.05, 3.63) is 30.1 Å². The maximum Gasteiger partial charge on any atom is 0.230 e. The second kappa shape index (κ2) is 5.63. The highest BCUT2D eigenvalue weighted by atomic mass is 16.5. The van der Waals surface area contributed by atoms with Gasteiger partial charge >= 0.3 is 0 Å². The van der Waals surface area contributed by atoms with Crippen LogP contribution in [0.2, 0.25) is 0 Å². The van der Waals surface area contributed by atoms with Gasteiger partial charge in [0.25, 0.3) is 0 Å². The van der Waals surface area contributed by atoms with Crippen LogP contribution in [0.1, 0.15) is 31.2 Å². The average molecular weight is 301 g/mol. The van der Waals surface area contributed by atoms with E-state index in [0.29, 0.717) is 12.6 Å². The van der Waals surface area contributed by atoms with Crippen molar-refractivity contribution in [1.29, 1.82) is 0 Å². The summed E-state index contributed by atoms with van der Waals surface area (Å²) >= 11 is 0. The number of fused-ring (bicyclic) bond motifs is 1. The van der Waals surface area contributed by atoms with Crippen LogP contribution < -0.4 is 5.32 Å². The normalized spacial score (nSPS) is 31.7. The van der Waals surface area contributed by atoms with Gasteiger partial charge in [-0.3, -0.25) is 14.7 Å². The molecule has 1 saturated carbocycles. The first-order valence-corrected chi connectivity index (χ1v) is 8.30. The largest absolute Gasteiger partial charge is 0.377 e. The summed E-state index contributed by atoms with van der Waals surface area (Å²) in [6.45, 7) is 3.39. The predicted octanol–water partition coefficient (Wildman–Crippen LogP) is 1.34. The zero-order valence-electron chi connectivity index (χ0n) is 12.8. The van der Waals surface area contributed by atoms with E-state index in [-0.39, 0.29) is 17.4 Å². The fraction of sp³-hybridized carbons (Fsp3) is 0.647. The first kappa shape index (κ1) is 14.2. The second-order valence-corrected chi connectivity index (χ2v) is 6.87. The van der Waals surface area contributed by atoms with Crippen molar-refractivity contribution in [2.45, 2.75) is 44.4 Å². The van der Waals surface area contributed by atoms with E-state index in [4.69, 9.17) is 4.74 Å². The smallest absolute Gasteiger partial charge is 0.230 e. The van der Waals surface area contributed by atoms with Crippen LogP contribution in [0.3, 0.4) is 0 Å². The Morgan fingerprint density at radius 1 is 1.36 bits per heavy atom. The van der Waals surface area contributed by atoms with Gasteiger partial charge in [0, 0.05) is 44.7 Å². The fourth-order valence-electron chi connectivity index (χ4n) is 3.79. The molecule has 118 valence electrons. The van der Waals surface area contributed by atoms with Crippen molar-refractivity contribution in [2.24, 2.45) is 5.41 Å². The number of nitrogens with zero attached hydrogens (tertiary/aromatic N) is 2. The molecular weight excluding hydrogens is 278 g/mol. The lowest BCUT2D eigenvalue weighted by Crippen LogP contribution is -2.57. The Morgan fingerprint density at radius 3 is 2.95 bits per heavy atom. The fourth-order valence-corrected chi connectivity index (χ4v) is 3.79. The molecule has 0 bridgehead atoms. The molecule has 1 aromatic heterocycles. The van der Waals surface area contributed by atoms with E-state index in [1.807, 2.05) is 24.5 Å². The number of aromatic nitrogens is 1. The Balaban J connectivity index is 1.49. The Labute approximate surface area is 131 Å². The van der Waals surface area contributed by atoms with E-state index in [1.165, 1.54) is 5.56 Å². The number of piperidine rings is 1. The number of likely N-dealkylation sites (tertiary alicyclic amines) is 1. The molecule has 1 aromatic rings. The van der Waals surface area contributed by atoms with Crippen LogP contribution >= 0.6 is 0 Å². The van der Waals surface area contributed by atoms with E-state index in [0.717, 1.165) is 45.3 Å². The third-order valence-corrected chi connectivity index (χ3v) is 5.22. The van der Waals surface area contributed by atoms with Gasteiger partial charge in [-0.1, -0.05) is 0 Å². The summed E-state index contributed by atoms with van der Waals surface area (Å²) in [5, 5.41) is 3.21. The SMILES string of the molecule is O=C(NC1CC1)[C@@]12CCO[C@@H]1CCN(Cc1ccncc1)C2. The van der Waals surface area contributed by atoms with Gasteiger partial charge in [-0.15, -0.1) is 0 Å². The van der Waals surface area contributed by atoms with Gasteiger partial charge in [-0.2, -0.15) is 0 Å². The highest BCUT2D eigenvalue weighted by Gasteiger charge is 2.53. The number of amides is 1. The number of pyridine rings is 1. The minimum absolute atomic E-state index is 0.0972. The Morgan fingerprint density at radius 2 is 2.18 bits per heavy atom. The van der Waals surface area contributed by atoms with E-state index < -0.39 is 0 Å². The summed E-state index contributed by atoms with van der Waals surface area (Å²) in [5.41, 5.74) is 0.915. The number of carbonyl (C=O) groups excluding carboxylic acids is 1. The summed E-state index contributed by atoms with van der Waals surface area (Å²) < 4.78 is 5.88. The second-order valence-electron chi connectivity index (χ2n) is 6.87. The van der Waals surface area contributed by atoms with Crippen LogP contribution in [-0.2, 0) is 16.1 Å². The Bertz CT molecular complexity index is 546. The van der Waals surface area contributed by atoms with Gasteiger partial charge in [0.15, 0.2) is 0 Å². The van der Waals surface area contributed by atoms with E-state index in [1.54, 1.807) is 0 Å². The quantitative estimate of drug-likeness (QED) is 0.912. The van der Waals surface area contributed by atoms with Crippen molar-refractivity contribution >= 4 is 5.91 Å². The predicted molar refractivity (Wildman–Crippen MR) is 82.1 cm³/mol. The molecule has 0 radical (unpaired) electrons. The summed E-state index contributed by atoms with van der Waals surface area (Å²) in [5.74, 6) is 0.219. The van der Waals surface area contributed by atoms with E-state index >= 15 is 0 Å². The standard InChI is InChI=1S/C17H23N3O2/c21-16(19-14-1-2-14)17-6-10-22-15(17)5-9-20(12-17)11-13-3-7-18-8-4-13/h3-4,7-8,14-15H,1-2,5-6,9-12H2,(H,19,21)/t15-,17-/m1/s1. The molecular formula is C17H23N3O2. The molecule has 1 N–H and O–H groups in total. The Kier molecular flexibility index (Phi) is 3.62. The lowest BCUT2D eigenvalue weighted by atomic mass is 9.75. The topological polar surface area (TPSA) is 54.5 Å². The summed E-state index contributed by atoms with van der Waals surface area (Å²) in [6, 6.07) is 4.52. The molecule has 0 aromatic carbocycles. The van der Waals surface area contributed by atoms with Crippen LogP contribution in [-0.4, -0.2) is 47.6 Å². The summed E-state index contributed by atoms with van der Waals surface area (Å²) in [7, 11) is 0. The molecule has 2 atom stereocenters. The monoisotopic (exact) mass is 301 g/mol. The van der Waals surface area contributed by atoms with Gasteiger partial charge in [-0.25, -0.2) is 0 Å². The lowest BCUT2D eigenvalue weighted by molar-refractivity contribution is -0.139. The molecule has 1 aliphatic carbocycles. The van der Waals surface area contributed by atoms with Gasteiger partial charge in [0.05, 0.1) is 11.5 Å². The van der Waals surface area contributed by atoms with Crippen molar-refractivity contribution in [3.63, 3.8) is 0 Å². The van der Waals surface area contributed by atoms with Gasteiger partial charge in [0.2, 0.25) is 5.91 Å². The van der Waals surface area contributed by atoms with Crippen molar-refractivity contribution in [2.75, 3.05) is 19.7 Å². The molecule has 5 nitrogen and oxygen atoms in total. The van der Waals surface area contributed by atoms with Gasteiger partial charge in [0.1, 0.15) is 0 Å². The molecule has 3 fully saturated rings. The van der Waals surface area contributed by atoms with Crippen molar-refractivity contribution < 1.29 is 9.53 Å². The number of ether oxygens (including phenoxy) is 1. The Hall–Kier alpha value is -1.46. The number of nitrogens with one attached hydrogen (secondary N) is 1. The van der Waals surface area contributed by atoms with E-state index in [9.17, 15) is 4.79 Å². The summed E-state index contributed by atoms with van der Waals surface area (Å²) in [4.78, 5) is 19.3. The molecule has 2 aliphatic heterocycles. The lowest BCUT2D eigenvalue weighted by Gasteiger charge is -2.42. The molecule has 0 spiro atoms. The number of rotatable bonds is 4. The highest BCUT2D eigenvalue weighted by molar-refractivity contribution is 5.84. The van der Waals surface area contributed by atoms with Crippen LogP contribution in [0.15, 0.2) is 24.5 Å². The van der Waals surface area contributed by atoms with Crippen LogP contribution in [0, 0.1) is 5.41 Å². The maximum absolute atomic E-state index is 12.8. The molecule has 3 aliphatic rings. The zero-order chi connectivity index (χ0) is 15.0. The molecule has 1 amide bonds. The third kappa shape index (κ3) is 2.63. The summed E-state index contributed by atoms with van der Waals surface area (Å²) in [6.07, 6.45) is 7.82. The molecule has 22 heavy (non-hydrogen) atoms. The number of hydrogen-bond acceptors (Lipinski definition) is 4. The van der Waals surface area contributed by atoms with Crippen LogP contribution in [0.5, 0.6) is 0 Å². The van der Waals surface area contributed by atoms with Crippen molar-refractivity contribution in [3.8, 4) is 0 Å². The van der Waals surface area contributed by atoms with Crippen LogP contribution in [0.4, 0.5) is 0 Å². The van der Waals surface area contributed by atoms with Crippen LogP contribution in [0.25, 0.3) is 0 Å². The minimum atomic E-state index is -0.339. The zero-order valence-corrected chi connectivity index (χ0v) is 12.8. The first-order valence-electron chi connectivity index (χ1n) is 8.30. The molecule has 5 heteroatoms. The molecule has 2 saturated heterocycles. The minimum Gasteiger partial charge on any atom is -0.377 e. The average Bonchev–Trinajstić information content (AvgIpc) is 3.24. The third-order valence-electron chi connectivity index (χ3n) is 5.22. The maximum atomic E-state index is 12.8. The number of carbonyl (C=O) groups is 1. The molecule has 3 heterocycles.